The van der Waals surface area contributed by atoms with Gasteiger partial charge < -0.3 is 26.1 Å². The lowest BCUT2D eigenvalue weighted by Crippen LogP contribution is -2.71. The first-order valence-electron chi connectivity index (χ1n) is 9.84. The highest BCUT2D eigenvalue weighted by atomic mass is 32.2. The quantitative estimate of drug-likeness (QED) is 0.145. The number of β-lactam (4-membered cyclic amide) rings is 1. The number of fused-ring (bicyclic) bond motifs is 1. The molecular formula is C19H20N7O6S2+. The summed E-state index contributed by atoms with van der Waals surface area (Å²) in [5.74, 6) is -2.22. The highest BCUT2D eigenvalue weighted by Gasteiger charge is 2.54. The Kier molecular flexibility index (Phi) is 6.76. The molecule has 5 N–H and O–H groups in total. The molecule has 1 fully saturated rings. The fourth-order valence-electron chi connectivity index (χ4n) is 3.54. The van der Waals surface area contributed by atoms with Crippen molar-refractivity contribution in [2.24, 2.45) is 5.16 Å². The van der Waals surface area contributed by atoms with E-state index >= 15 is 0 Å². The van der Waals surface area contributed by atoms with Crippen LogP contribution in [0.5, 0.6) is 0 Å². The Morgan fingerprint density at radius 1 is 1.41 bits per heavy atom. The third-order valence-corrected chi connectivity index (χ3v) is 6.99. The molecule has 2 aromatic rings. The molecule has 1 unspecified atom stereocenters. The lowest BCUT2D eigenvalue weighted by molar-refractivity contribution is -0.689. The first kappa shape index (κ1) is 23.6. The number of nitrogens with zero attached hydrogens (tertiary/aromatic N) is 5. The molecule has 2 aliphatic heterocycles. The molecule has 178 valence electrons. The van der Waals surface area contributed by atoms with Crippen LogP contribution in [0.4, 0.5) is 5.13 Å². The minimum atomic E-state index is -1.23. The maximum Gasteiger partial charge on any atom is 0.352 e. The van der Waals surface area contributed by atoms with Gasteiger partial charge in [-0.05, 0) is 5.56 Å². The van der Waals surface area contributed by atoms with E-state index in [2.05, 4.69) is 19.8 Å². The Morgan fingerprint density at radius 2 is 2.15 bits per heavy atom. The minimum Gasteiger partial charge on any atom is -0.477 e. The Balaban J connectivity index is 1.52. The van der Waals surface area contributed by atoms with Crippen LogP contribution in [0, 0.1) is 0 Å². The van der Waals surface area contributed by atoms with E-state index in [0.717, 1.165) is 17.1 Å². The van der Waals surface area contributed by atoms with Crippen molar-refractivity contribution in [1.29, 1.82) is 0 Å². The van der Waals surface area contributed by atoms with Crippen molar-refractivity contribution in [1.82, 2.24) is 19.6 Å². The molecule has 2 aromatic heterocycles. The summed E-state index contributed by atoms with van der Waals surface area (Å²) >= 11 is 2.22. The second kappa shape index (κ2) is 9.74. The van der Waals surface area contributed by atoms with E-state index in [9.17, 15) is 24.6 Å². The van der Waals surface area contributed by atoms with Crippen LogP contribution in [-0.4, -0.2) is 72.2 Å². The van der Waals surface area contributed by atoms with Crippen LogP contribution in [0.1, 0.15) is 11.4 Å². The molecule has 34 heavy (non-hydrogen) atoms. The average molecular weight is 507 g/mol. The first-order valence-corrected chi connectivity index (χ1v) is 11.7. The van der Waals surface area contributed by atoms with Gasteiger partial charge in [-0.15, -0.1) is 11.8 Å². The predicted molar refractivity (Wildman–Crippen MR) is 120 cm³/mol. The Bertz CT molecular complexity index is 1200. The lowest BCUT2D eigenvalue weighted by Gasteiger charge is -2.49. The normalized spacial score (nSPS) is 20.0. The number of aromatic nitrogens is 3. The number of carboxylic acids is 1. The summed E-state index contributed by atoms with van der Waals surface area (Å²) in [4.78, 5) is 47.5. The summed E-state index contributed by atoms with van der Waals surface area (Å²) in [5, 5.41) is 24.8. The molecular weight excluding hydrogens is 486 g/mol. The van der Waals surface area contributed by atoms with Gasteiger partial charge in [0.2, 0.25) is 11.5 Å². The average Bonchev–Trinajstić information content (AvgIpc) is 3.26. The van der Waals surface area contributed by atoms with Crippen LogP contribution in [-0.2, 0) is 32.4 Å². The monoisotopic (exact) mass is 506 g/mol. The molecule has 0 spiro atoms. The van der Waals surface area contributed by atoms with E-state index in [0.29, 0.717) is 11.3 Å². The summed E-state index contributed by atoms with van der Waals surface area (Å²) in [6.45, 7) is 0.162. The van der Waals surface area contributed by atoms with Crippen molar-refractivity contribution in [2.45, 2.75) is 24.6 Å². The number of carbonyl (C=O) groups excluding carboxylic acids is 2. The van der Waals surface area contributed by atoms with Crippen molar-refractivity contribution < 1.29 is 34.0 Å². The third kappa shape index (κ3) is 4.44. The molecule has 15 heteroatoms. The molecule has 0 radical (unpaired) electrons. The van der Waals surface area contributed by atoms with E-state index in [-0.39, 0.29) is 35.5 Å². The van der Waals surface area contributed by atoms with Crippen molar-refractivity contribution >= 4 is 51.9 Å². The zero-order valence-corrected chi connectivity index (χ0v) is 19.4. The molecule has 2 aliphatic rings. The second-order valence-corrected chi connectivity index (χ2v) is 9.12. The Labute approximate surface area is 201 Å². The summed E-state index contributed by atoms with van der Waals surface area (Å²) < 4.78 is 5.70. The van der Waals surface area contributed by atoms with E-state index in [1.807, 2.05) is 0 Å². The molecule has 2 atom stereocenters. The second-order valence-electron chi connectivity index (χ2n) is 7.23. The fourth-order valence-corrected chi connectivity index (χ4v) is 5.31. The molecule has 4 rings (SSSR count). The lowest BCUT2D eigenvalue weighted by atomic mass is 10.0. The number of nitrogen functional groups attached to an aromatic ring is 1. The number of anilines is 1. The molecule has 2 amide bonds. The number of nitrogens with two attached hydrogens (primary N) is 1. The number of aliphatic carboxylic acids is 1. The number of thioether (sulfide) groups is 1. The van der Waals surface area contributed by atoms with Crippen LogP contribution < -0.4 is 15.6 Å². The third-order valence-electron chi connectivity index (χ3n) is 5.10. The Morgan fingerprint density at radius 3 is 2.74 bits per heavy atom. The van der Waals surface area contributed by atoms with Gasteiger partial charge in [-0.3, -0.25) is 14.5 Å². The van der Waals surface area contributed by atoms with Gasteiger partial charge in [-0.25, -0.2) is 9.36 Å². The van der Waals surface area contributed by atoms with E-state index in [1.165, 1.54) is 23.8 Å². The maximum atomic E-state index is 12.9. The summed E-state index contributed by atoms with van der Waals surface area (Å²) in [5.41, 5.74) is 6.50. The topological polar surface area (TPSA) is 184 Å². The molecule has 4 heterocycles. The summed E-state index contributed by atoms with van der Waals surface area (Å²) in [6, 6.07) is 2.50. The number of nitrogens with one attached hydrogen (secondary N) is 1. The number of aliphatic hydroxyl groups excluding tert-OH is 1. The number of oxime groups is 1. The van der Waals surface area contributed by atoms with E-state index < -0.39 is 29.2 Å². The number of rotatable bonds is 8. The smallest absolute Gasteiger partial charge is 0.352 e. The highest BCUT2D eigenvalue weighted by molar-refractivity contribution is 8.00. The molecule has 0 bridgehead atoms. The van der Waals surface area contributed by atoms with Crippen molar-refractivity contribution in [2.75, 3.05) is 18.6 Å². The summed E-state index contributed by atoms with van der Waals surface area (Å²) in [7, 11) is 1.25. The largest absolute Gasteiger partial charge is 0.477 e. The number of hydrogen-bond donors (Lipinski definition) is 4. The number of aliphatic hydroxyl groups is 1. The van der Waals surface area contributed by atoms with Gasteiger partial charge in [0.25, 0.3) is 11.8 Å². The van der Waals surface area contributed by atoms with Gasteiger partial charge >= 0.3 is 5.97 Å². The number of carbonyl (C=O) groups is 3. The number of carboxylic acid groups (broad SMARTS) is 1. The van der Waals surface area contributed by atoms with Crippen molar-refractivity contribution in [3.63, 3.8) is 0 Å². The van der Waals surface area contributed by atoms with E-state index in [4.69, 9.17) is 10.6 Å². The van der Waals surface area contributed by atoms with Gasteiger partial charge in [0.1, 0.15) is 24.2 Å². The summed E-state index contributed by atoms with van der Waals surface area (Å²) in [6.07, 6.45) is 3.46. The fraction of sp³-hybridized carbons (Fsp3) is 0.316. The first-order chi connectivity index (χ1) is 16.3. The van der Waals surface area contributed by atoms with Gasteiger partial charge in [0.15, 0.2) is 24.1 Å². The standard InChI is InChI=1S/C19H19N7O6S2/c1-32-23-11(14-22-19(20)34-24-14)15(28)21-12-16(29)26-13(18(30)31)10(8-33-17(12)26)6-25-4-2-9(7-27)3-5-25/h2-5,12,17,27H,6-8H2,1H3,(H3-,20,21,22,24,28,30,31)/p+1/t12?,17-/m0/s1. The molecule has 1 saturated heterocycles. The van der Waals surface area contributed by atoms with Gasteiger partial charge in [-0.2, -0.15) is 9.36 Å². The van der Waals surface area contributed by atoms with E-state index in [1.54, 1.807) is 29.1 Å². The SMILES string of the molecule is CON=C(C(=O)NC1C(=O)N2C(C(=O)O)=C(C[n+]3ccc(CO)cc3)CS[C@@H]12)c1nsc(N)n1. The minimum absolute atomic E-state index is 0.0422. The Hall–Kier alpha value is -3.56. The van der Waals surface area contributed by atoms with Gasteiger partial charge in [0, 0.05) is 35.0 Å². The van der Waals surface area contributed by atoms with Crippen molar-refractivity contribution in [3.05, 3.63) is 47.2 Å². The molecule has 13 nitrogen and oxygen atoms in total. The van der Waals surface area contributed by atoms with Crippen LogP contribution in [0.25, 0.3) is 0 Å². The van der Waals surface area contributed by atoms with Crippen LogP contribution >= 0.6 is 23.3 Å². The van der Waals surface area contributed by atoms with Crippen molar-refractivity contribution in [3.8, 4) is 0 Å². The number of pyridine rings is 1. The zero-order chi connectivity index (χ0) is 24.4. The predicted octanol–water partition coefficient (Wildman–Crippen LogP) is -1.31. The van der Waals surface area contributed by atoms with Crippen LogP contribution in [0.3, 0.4) is 0 Å². The zero-order valence-electron chi connectivity index (χ0n) is 17.7. The highest BCUT2D eigenvalue weighted by Crippen LogP contribution is 2.40. The molecule has 0 aliphatic carbocycles. The molecule has 0 saturated carbocycles. The maximum absolute atomic E-state index is 12.9. The molecule has 0 aromatic carbocycles. The van der Waals surface area contributed by atoms with Crippen LogP contribution in [0.2, 0.25) is 0 Å². The number of hydrogen-bond acceptors (Lipinski definition) is 11. The van der Waals surface area contributed by atoms with Gasteiger partial charge in [-0.1, -0.05) is 5.16 Å². The van der Waals surface area contributed by atoms with Crippen LogP contribution in [0.15, 0.2) is 41.0 Å². The number of amides is 2. The van der Waals surface area contributed by atoms with Gasteiger partial charge in [0.05, 0.1) is 6.61 Å².